The molecule has 0 aliphatic carbocycles. The molecule has 0 saturated carbocycles. The first-order chi connectivity index (χ1) is 18.9. The third-order valence-electron chi connectivity index (χ3n) is 6.27. The van der Waals surface area contributed by atoms with Gasteiger partial charge in [0.15, 0.2) is 6.61 Å². The lowest BCUT2D eigenvalue weighted by molar-refractivity contribution is -0.138. The Hall–Kier alpha value is -4.05. The number of carbonyl (C=O) groups excluding carboxylic acids is 2. The van der Waals surface area contributed by atoms with Gasteiger partial charge in [0, 0.05) is 24.5 Å². The first kappa shape index (κ1) is 28.0. The summed E-state index contributed by atoms with van der Waals surface area (Å²) in [6, 6.07) is 16.8. The predicted molar refractivity (Wildman–Crippen MR) is 152 cm³/mol. The van der Waals surface area contributed by atoms with Crippen LogP contribution in [0.25, 0.3) is 0 Å². The van der Waals surface area contributed by atoms with Crippen molar-refractivity contribution in [2.45, 2.75) is 37.7 Å². The lowest BCUT2D eigenvalue weighted by Gasteiger charge is -2.28. The minimum absolute atomic E-state index is 0.0399. The predicted octanol–water partition coefficient (Wildman–Crippen LogP) is 4.84. The molecule has 1 aliphatic rings. The van der Waals surface area contributed by atoms with E-state index in [0.29, 0.717) is 47.0 Å². The Kier molecular flexibility index (Phi) is 9.43. The third kappa shape index (κ3) is 6.69. The molecule has 10 heteroatoms. The average Bonchev–Trinajstić information content (AvgIpc) is 3.36. The highest BCUT2D eigenvalue weighted by Gasteiger charge is 2.35. The van der Waals surface area contributed by atoms with Gasteiger partial charge in [-0.1, -0.05) is 66.9 Å². The van der Waals surface area contributed by atoms with Crippen molar-refractivity contribution in [3.05, 3.63) is 89.6 Å². The fourth-order valence-electron chi connectivity index (χ4n) is 4.26. The molecule has 204 valence electrons. The molecule has 39 heavy (non-hydrogen) atoms. The Labute approximate surface area is 232 Å². The van der Waals surface area contributed by atoms with Crippen LogP contribution in [-0.2, 0) is 20.1 Å². The highest BCUT2D eigenvalue weighted by atomic mass is 32.2. The molecule has 2 aromatic carbocycles. The molecule has 0 radical (unpaired) electrons. The fraction of sp³-hybridized carbons (Fsp3) is 0.310. The Morgan fingerprint density at radius 1 is 1.13 bits per heavy atom. The van der Waals surface area contributed by atoms with Gasteiger partial charge in [-0.05, 0) is 44.0 Å². The van der Waals surface area contributed by atoms with Crippen LogP contribution in [0.15, 0.2) is 83.7 Å². The van der Waals surface area contributed by atoms with E-state index in [4.69, 9.17) is 14.6 Å². The zero-order chi connectivity index (χ0) is 27.8. The van der Waals surface area contributed by atoms with Gasteiger partial charge in [-0.3, -0.25) is 4.79 Å². The van der Waals surface area contributed by atoms with Crippen LogP contribution in [0.2, 0.25) is 0 Å². The van der Waals surface area contributed by atoms with E-state index in [2.05, 4.69) is 29.0 Å². The summed E-state index contributed by atoms with van der Waals surface area (Å²) in [5, 5.41) is 8.56. The molecule has 1 unspecified atom stereocenters. The van der Waals surface area contributed by atoms with Gasteiger partial charge >= 0.3 is 5.97 Å². The van der Waals surface area contributed by atoms with Gasteiger partial charge < -0.3 is 19.7 Å². The van der Waals surface area contributed by atoms with Crippen molar-refractivity contribution < 1.29 is 19.1 Å². The van der Waals surface area contributed by atoms with Gasteiger partial charge in [0.05, 0.1) is 5.57 Å². The summed E-state index contributed by atoms with van der Waals surface area (Å²) in [6.45, 7) is 10.7. The van der Waals surface area contributed by atoms with Gasteiger partial charge in [0.2, 0.25) is 11.1 Å². The Morgan fingerprint density at radius 2 is 1.85 bits per heavy atom. The number of ether oxygens (including phenoxy) is 2. The van der Waals surface area contributed by atoms with Crippen LogP contribution in [0, 0.1) is 0 Å². The van der Waals surface area contributed by atoms with E-state index < -0.39 is 12.0 Å². The maximum Gasteiger partial charge on any atom is 0.338 e. The van der Waals surface area contributed by atoms with Crippen LogP contribution in [0.1, 0.15) is 37.9 Å². The summed E-state index contributed by atoms with van der Waals surface area (Å²) < 4.78 is 12.9. The van der Waals surface area contributed by atoms with Crippen molar-refractivity contribution in [1.29, 1.82) is 0 Å². The molecule has 9 nitrogen and oxygen atoms in total. The maximum absolute atomic E-state index is 13.1. The zero-order valence-corrected chi connectivity index (χ0v) is 23.2. The third-order valence-corrected chi connectivity index (χ3v) is 7.18. The average molecular weight is 548 g/mol. The number of esters is 1. The number of amides is 1. The lowest BCUT2D eigenvalue weighted by atomic mass is 9.96. The second kappa shape index (κ2) is 13.1. The minimum Gasteiger partial charge on any atom is -0.484 e. The lowest BCUT2D eigenvalue weighted by Crippen LogP contribution is -2.34. The molecule has 1 amide bonds. The molecule has 4 rings (SSSR count). The van der Waals surface area contributed by atoms with E-state index in [1.54, 1.807) is 21.7 Å². The largest absolute Gasteiger partial charge is 0.484 e. The van der Waals surface area contributed by atoms with E-state index >= 15 is 0 Å². The Bertz CT molecular complexity index is 1330. The van der Waals surface area contributed by atoms with Crippen molar-refractivity contribution in [2.24, 2.45) is 0 Å². The van der Waals surface area contributed by atoms with Gasteiger partial charge in [-0.25, -0.2) is 9.48 Å². The van der Waals surface area contributed by atoms with E-state index in [-0.39, 0.29) is 19.1 Å². The van der Waals surface area contributed by atoms with Crippen LogP contribution >= 0.6 is 11.8 Å². The van der Waals surface area contributed by atoms with Crippen molar-refractivity contribution >= 4 is 29.6 Å². The second-order valence-corrected chi connectivity index (χ2v) is 9.76. The number of anilines is 1. The number of nitrogens with one attached hydrogen (secondary N) is 1. The van der Waals surface area contributed by atoms with E-state index in [1.165, 1.54) is 17.8 Å². The molecule has 0 bridgehead atoms. The summed E-state index contributed by atoms with van der Waals surface area (Å²) in [6.07, 6.45) is 1.53. The van der Waals surface area contributed by atoms with Gasteiger partial charge in [-0.2, -0.15) is 4.98 Å². The fourth-order valence-corrected chi connectivity index (χ4v) is 5.04. The second-order valence-electron chi connectivity index (χ2n) is 8.81. The quantitative estimate of drug-likeness (QED) is 0.196. The van der Waals surface area contributed by atoms with E-state index in [1.807, 2.05) is 51.1 Å². The Balaban J connectivity index is 1.60. The van der Waals surface area contributed by atoms with Crippen LogP contribution in [0.3, 0.4) is 0 Å². The van der Waals surface area contributed by atoms with Crippen LogP contribution < -0.4 is 10.1 Å². The van der Waals surface area contributed by atoms with Gasteiger partial charge in [-0.15, -0.1) is 5.10 Å². The van der Waals surface area contributed by atoms with E-state index in [9.17, 15) is 9.59 Å². The normalized spacial score (nSPS) is 14.3. The van der Waals surface area contributed by atoms with Crippen molar-refractivity contribution in [2.75, 3.05) is 31.6 Å². The summed E-state index contributed by atoms with van der Waals surface area (Å²) in [4.78, 5) is 31.9. The van der Waals surface area contributed by atoms with Crippen LogP contribution in [0.5, 0.6) is 5.75 Å². The molecular weight excluding hydrogens is 514 g/mol. The molecule has 3 aromatic rings. The molecule has 1 aliphatic heterocycles. The highest BCUT2D eigenvalue weighted by Crippen LogP contribution is 2.37. The SMILES string of the molecule is C=CCOC(=O)C1=C(C)Nc2nc(SCc3ccccc3)nn2C1c1ccc(OCC(=O)N(CC)CC)cc1. The maximum atomic E-state index is 13.1. The van der Waals surface area contributed by atoms with Crippen molar-refractivity contribution in [3.63, 3.8) is 0 Å². The number of rotatable bonds is 12. The van der Waals surface area contributed by atoms with E-state index in [0.717, 1.165) is 11.1 Å². The molecule has 1 aromatic heterocycles. The number of hydrogen-bond acceptors (Lipinski definition) is 8. The smallest absolute Gasteiger partial charge is 0.338 e. The molecule has 0 fully saturated rings. The summed E-state index contributed by atoms with van der Waals surface area (Å²) in [5.41, 5.74) is 3.03. The van der Waals surface area contributed by atoms with Crippen LogP contribution in [-0.4, -0.2) is 57.8 Å². The van der Waals surface area contributed by atoms with Gasteiger partial charge in [0.25, 0.3) is 5.91 Å². The Morgan fingerprint density at radius 3 is 2.51 bits per heavy atom. The molecule has 2 heterocycles. The number of nitrogens with zero attached hydrogens (tertiary/aromatic N) is 4. The highest BCUT2D eigenvalue weighted by molar-refractivity contribution is 7.98. The van der Waals surface area contributed by atoms with Crippen LogP contribution in [0.4, 0.5) is 5.95 Å². The number of hydrogen-bond donors (Lipinski definition) is 1. The number of allylic oxidation sites excluding steroid dienone is 1. The number of aromatic nitrogens is 3. The number of thioether (sulfide) groups is 1. The van der Waals surface area contributed by atoms with Crippen molar-refractivity contribution in [3.8, 4) is 5.75 Å². The molecule has 0 saturated heterocycles. The topological polar surface area (TPSA) is 98.6 Å². The van der Waals surface area contributed by atoms with Crippen molar-refractivity contribution in [1.82, 2.24) is 19.7 Å². The standard InChI is InChI=1S/C29H33N5O4S/c1-5-17-37-27(36)25-20(4)30-28-31-29(39-19-21-11-9-8-10-12-21)32-34(28)26(25)22-13-15-23(16-14-22)38-18-24(35)33(6-2)7-3/h5,8-16,26H,1,6-7,17-19H2,2-4H3,(H,30,31,32). The molecule has 0 spiro atoms. The number of benzene rings is 2. The van der Waals surface area contributed by atoms with Gasteiger partial charge in [0.1, 0.15) is 18.4 Å². The molecule has 1 atom stereocenters. The number of fused-ring (bicyclic) bond motifs is 1. The minimum atomic E-state index is -0.566. The molecule has 1 N–H and O–H groups in total. The summed E-state index contributed by atoms with van der Waals surface area (Å²) >= 11 is 1.52. The first-order valence-corrected chi connectivity index (χ1v) is 13.8. The zero-order valence-electron chi connectivity index (χ0n) is 22.4. The summed E-state index contributed by atoms with van der Waals surface area (Å²) in [7, 11) is 0. The monoisotopic (exact) mass is 547 g/mol. The first-order valence-electron chi connectivity index (χ1n) is 12.8. The molecular formula is C29H33N5O4S. The summed E-state index contributed by atoms with van der Waals surface area (Å²) in [5.74, 6) is 1.28. The number of likely N-dealkylation sites (N-methyl/N-ethyl adjacent to an activating group) is 1. The number of carbonyl (C=O) groups is 2.